The Labute approximate surface area is 202 Å². The maximum atomic E-state index is 12.9. The number of nitrogens with one attached hydrogen (secondary N) is 1. The Bertz CT molecular complexity index is 886. The second-order valence-corrected chi connectivity index (χ2v) is 11.1. The van der Waals surface area contributed by atoms with Crippen molar-refractivity contribution < 1.29 is 23.6 Å². The van der Waals surface area contributed by atoms with E-state index in [0.717, 1.165) is 5.46 Å². The molecule has 10 nitrogen and oxygen atoms in total. The van der Waals surface area contributed by atoms with Crippen molar-refractivity contribution in [2.75, 3.05) is 24.5 Å². The lowest BCUT2D eigenvalue weighted by atomic mass is 9.81. The summed E-state index contributed by atoms with van der Waals surface area (Å²) in [5, 5.41) is 2.62. The van der Waals surface area contributed by atoms with Crippen molar-refractivity contribution in [1.29, 1.82) is 0 Å². The zero-order chi connectivity index (χ0) is 25.5. The molecule has 188 valence electrons. The van der Waals surface area contributed by atoms with Crippen molar-refractivity contribution in [3.63, 3.8) is 0 Å². The highest BCUT2D eigenvalue weighted by Gasteiger charge is 2.52. The Morgan fingerprint density at radius 2 is 1.71 bits per heavy atom. The molecule has 1 aromatic rings. The molecule has 2 atom stereocenters. The Kier molecular flexibility index (Phi) is 7.20. The lowest BCUT2D eigenvalue weighted by molar-refractivity contribution is -0.133. The lowest BCUT2D eigenvalue weighted by Gasteiger charge is -2.40. The molecule has 34 heavy (non-hydrogen) atoms. The number of hydrogen-bond acceptors (Lipinski definition) is 8. The van der Waals surface area contributed by atoms with E-state index in [0.29, 0.717) is 25.6 Å². The summed E-state index contributed by atoms with van der Waals surface area (Å²) < 4.78 is 17.4. The number of alkyl carbamates (subject to hydrolysis) is 1. The summed E-state index contributed by atoms with van der Waals surface area (Å²) in [6.07, 6.45) is 2.87. The van der Waals surface area contributed by atoms with Gasteiger partial charge < -0.3 is 29.2 Å². The molecule has 0 radical (unpaired) electrons. The molecule has 0 saturated carbocycles. The van der Waals surface area contributed by atoms with E-state index in [9.17, 15) is 9.59 Å². The van der Waals surface area contributed by atoms with Crippen LogP contribution in [0.4, 0.5) is 10.7 Å². The Hall–Kier alpha value is -2.40. The first-order valence-electron chi connectivity index (χ1n) is 11.8. The number of nitrogens with zero attached hydrogens (tertiary/aromatic N) is 4. The predicted molar refractivity (Wildman–Crippen MR) is 130 cm³/mol. The van der Waals surface area contributed by atoms with Crippen molar-refractivity contribution in [1.82, 2.24) is 20.2 Å². The van der Waals surface area contributed by atoms with E-state index < -0.39 is 36.1 Å². The van der Waals surface area contributed by atoms with Crippen molar-refractivity contribution in [2.24, 2.45) is 0 Å². The van der Waals surface area contributed by atoms with Gasteiger partial charge in [-0.1, -0.05) is 0 Å². The second-order valence-electron chi connectivity index (χ2n) is 11.1. The topological polar surface area (TPSA) is 106 Å². The standard InChI is InChI=1S/C23H38BN5O5/c1-15-14-28(18(30)16(2)27-20(31)32-21(3,4)5)10-11-29(15)19-25-12-17(13-26-19)24-33-22(6,7)23(8,9)34-24/h12-13,15-16H,10-11,14H2,1-9H3,(H,27,31)/t15-,16-/m0/s1. The fraction of sp³-hybridized carbons (Fsp3) is 0.739. The maximum absolute atomic E-state index is 12.9. The Balaban J connectivity index is 1.57. The molecule has 0 aromatic carbocycles. The molecule has 0 aliphatic carbocycles. The minimum Gasteiger partial charge on any atom is -0.444 e. The van der Waals surface area contributed by atoms with Gasteiger partial charge in [-0.25, -0.2) is 14.8 Å². The summed E-state index contributed by atoms with van der Waals surface area (Å²) >= 11 is 0. The SMILES string of the molecule is C[C@H](NC(=O)OC(C)(C)C)C(=O)N1CCN(c2ncc(B3OC(C)(C)C(C)(C)O3)cn2)[C@@H](C)C1. The first-order valence-corrected chi connectivity index (χ1v) is 11.8. The zero-order valence-electron chi connectivity index (χ0n) is 21.8. The van der Waals surface area contributed by atoms with Crippen LogP contribution >= 0.6 is 0 Å². The van der Waals surface area contributed by atoms with Crippen LogP contribution in [0.5, 0.6) is 0 Å². The number of ether oxygens (including phenoxy) is 1. The van der Waals surface area contributed by atoms with Crippen LogP contribution in [-0.2, 0) is 18.8 Å². The molecule has 2 amide bonds. The zero-order valence-corrected chi connectivity index (χ0v) is 21.8. The fourth-order valence-corrected chi connectivity index (χ4v) is 3.86. The molecule has 2 aliphatic rings. The van der Waals surface area contributed by atoms with Crippen LogP contribution in [0.1, 0.15) is 62.3 Å². The summed E-state index contributed by atoms with van der Waals surface area (Å²) in [4.78, 5) is 37.8. The molecule has 1 N–H and O–H groups in total. The van der Waals surface area contributed by atoms with E-state index >= 15 is 0 Å². The van der Waals surface area contributed by atoms with Gasteiger partial charge in [-0.3, -0.25) is 4.79 Å². The molecule has 2 fully saturated rings. The van der Waals surface area contributed by atoms with E-state index in [1.807, 2.05) is 34.6 Å². The second kappa shape index (κ2) is 9.33. The van der Waals surface area contributed by atoms with Gasteiger partial charge >= 0.3 is 13.2 Å². The first kappa shape index (κ1) is 26.2. The number of carbonyl (C=O) groups excluding carboxylic acids is 2. The summed E-state index contributed by atoms with van der Waals surface area (Å²) in [7, 11) is -0.509. The van der Waals surface area contributed by atoms with E-state index in [1.165, 1.54) is 0 Å². The van der Waals surface area contributed by atoms with Gasteiger partial charge in [-0.05, 0) is 62.3 Å². The highest BCUT2D eigenvalue weighted by Crippen LogP contribution is 2.36. The molecule has 2 aliphatic heterocycles. The molecule has 3 heterocycles. The van der Waals surface area contributed by atoms with Gasteiger partial charge in [-0.2, -0.15) is 0 Å². The minimum atomic E-state index is -0.677. The van der Waals surface area contributed by atoms with Gasteiger partial charge in [0, 0.05) is 43.5 Å². The highest BCUT2D eigenvalue weighted by molar-refractivity contribution is 6.61. The number of rotatable bonds is 4. The van der Waals surface area contributed by atoms with Gasteiger partial charge in [0.25, 0.3) is 0 Å². The van der Waals surface area contributed by atoms with Crippen LogP contribution in [0.15, 0.2) is 12.4 Å². The van der Waals surface area contributed by atoms with E-state index in [4.69, 9.17) is 14.0 Å². The predicted octanol–water partition coefficient (Wildman–Crippen LogP) is 1.73. The third-order valence-corrected chi connectivity index (χ3v) is 6.48. The van der Waals surface area contributed by atoms with Crippen LogP contribution in [0.2, 0.25) is 0 Å². The van der Waals surface area contributed by atoms with Crippen molar-refractivity contribution >= 4 is 30.5 Å². The Morgan fingerprint density at radius 3 is 2.21 bits per heavy atom. The summed E-state index contributed by atoms with van der Waals surface area (Å²) in [5.41, 5.74) is -0.705. The number of hydrogen-bond donors (Lipinski definition) is 1. The lowest BCUT2D eigenvalue weighted by Crippen LogP contribution is -2.58. The quantitative estimate of drug-likeness (QED) is 0.657. The van der Waals surface area contributed by atoms with Crippen LogP contribution < -0.4 is 15.7 Å². The van der Waals surface area contributed by atoms with E-state index in [-0.39, 0.29) is 11.9 Å². The number of anilines is 1. The van der Waals surface area contributed by atoms with Gasteiger partial charge in [0.15, 0.2) is 0 Å². The first-order chi connectivity index (χ1) is 15.6. The number of carbonyl (C=O) groups is 2. The van der Waals surface area contributed by atoms with Crippen LogP contribution in [0.3, 0.4) is 0 Å². The fourth-order valence-electron chi connectivity index (χ4n) is 3.86. The Morgan fingerprint density at radius 1 is 1.15 bits per heavy atom. The van der Waals surface area contributed by atoms with Gasteiger partial charge in [0.05, 0.1) is 11.2 Å². The minimum absolute atomic E-state index is 0.00845. The largest absolute Gasteiger partial charge is 0.498 e. The molecular formula is C23H38BN5O5. The number of piperazine rings is 1. The molecule has 3 rings (SSSR count). The molecule has 1 aromatic heterocycles. The highest BCUT2D eigenvalue weighted by atomic mass is 16.7. The monoisotopic (exact) mass is 475 g/mol. The molecule has 0 spiro atoms. The van der Waals surface area contributed by atoms with Crippen molar-refractivity contribution in [3.8, 4) is 0 Å². The summed E-state index contributed by atoms with van der Waals surface area (Å²) in [6, 6.07) is -0.668. The third-order valence-electron chi connectivity index (χ3n) is 6.48. The van der Waals surface area contributed by atoms with Crippen LogP contribution in [0.25, 0.3) is 0 Å². The molecular weight excluding hydrogens is 437 g/mol. The van der Waals surface area contributed by atoms with E-state index in [2.05, 4.69) is 20.2 Å². The molecule has 11 heteroatoms. The maximum Gasteiger partial charge on any atom is 0.498 e. The van der Waals surface area contributed by atoms with Crippen molar-refractivity contribution in [2.45, 2.75) is 91.2 Å². The molecule has 0 bridgehead atoms. The average Bonchev–Trinajstić information content (AvgIpc) is 2.93. The van der Waals surface area contributed by atoms with Crippen LogP contribution in [0, 0.1) is 0 Å². The molecule has 2 saturated heterocycles. The number of amides is 2. The van der Waals surface area contributed by atoms with Gasteiger partial charge in [0.1, 0.15) is 11.6 Å². The average molecular weight is 475 g/mol. The molecule has 0 unspecified atom stereocenters. The number of aromatic nitrogens is 2. The van der Waals surface area contributed by atoms with E-state index in [1.54, 1.807) is 45.0 Å². The smallest absolute Gasteiger partial charge is 0.444 e. The normalized spacial score (nSPS) is 23.0. The summed E-state index contributed by atoms with van der Waals surface area (Å²) in [6.45, 7) is 18.7. The van der Waals surface area contributed by atoms with Gasteiger partial charge in [-0.15, -0.1) is 0 Å². The van der Waals surface area contributed by atoms with Crippen molar-refractivity contribution in [3.05, 3.63) is 12.4 Å². The third kappa shape index (κ3) is 5.80. The summed E-state index contributed by atoms with van der Waals surface area (Å²) in [5.74, 6) is 0.453. The van der Waals surface area contributed by atoms with Crippen LogP contribution in [-0.4, -0.2) is 82.5 Å². The van der Waals surface area contributed by atoms with Gasteiger partial charge in [0.2, 0.25) is 11.9 Å².